The molecule has 1 rings (SSSR count). The molecule has 0 atom stereocenters. The van der Waals surface area contributed by atoms with Crippen molar-refractivity contribution in [2.24, 2.45) is 0 Å². The van der Waals surface area contributed by atoms with Crippen molar-refractivity contribution in [3.05, 3.63) is 28.4 Å². The Morgan fingerprint density at radius 2 is 2.40 bits per heavy atom. The third-order valence-corrected chi connectivity index (χ3v) is 0.983. The lowest BCUT2D eigenvalue weighted by Crippen LogP contribution is -1.90. The summed E-state index contributed by atoms with van der Waals surface area (Å²) in [6, 6.07) is 2.67. The summed E-state index contributed by atoms with van der Waals surface area (Å²) >= 11 is 0. The van der Waals surface area contributed by atoms with Crippen molar-refractivity contribution in [1.29, 1.82) is 0 Å². The minimum atomic E-state index is -0.630. The molecule has 5 heteroatoms. The molecule has 5 nitrogen and oxygen atoms in total. The van der Waals surface area contributed by atoms with E-state index in [9.17, 15) is 10.1 Å². The van der Waals surface area contributed by atoms with Crippen molar-refractivity contribution in [1.82, 2.24) is 10.7 Å². The molecule has 0 amide bonds. The lowest BCUT2D eigenvalue weighted by molar-refractivity contribution is -0.384. The topological polar surface area (TPSA) is 79.8 Å². The number of aromatic nitrogens is 1. The maximum absolute atomic E-state index is 10.1. The predicted molar refractivity (Wildman–Crippen MR) is 33.6 cm³/mol. The molecule has 0 bridgehead atoms. The summed E-state index contributed by atoms with van der Waals surface area (Å²) in [7, 11) is 0. The zero-order valence-electron chi connectivity index (χ0n) is 4.94. The first-order valence-electron chi connectivity index (χ1n) is 2.53. The van der Waals surface area contributed by atoms with Gasteiger partial charge in [0.15, 0.2) is 0 Å². The summed E-state index contributed by atoms with van der Waals surface area (Å²) in [6.45, 7) is 0. The number of nitro groups is 1. The lowest BCUT2D eigenvalue weighted by Gasteiger charge is -1.90. The Morgan fingerprint density at radius 3 is 2.80 bits per heavy atom. The van der Waals surface area contributed by atoms with Gasteiger partial charge in [0.2, 0.25) is 5.82 Å². The molecule has 10 heavy (non-hydrogen) atoms. The number of hydrogen-bond acceptors (Lipinski definition) is 3. The highest BCUT2D eigenvalue weighted by molar-refractivity contribution is 5.47. The number of hydrogen-bond donors (Lipinski definition) is 0. The zero-order valence-corrected chi connectivity index (χ0v) is 4.94. The van der Waals surface area contributed by atoms with Crippen molar-refractivity contribution in [3.63, 3.8) is 0 Å². The van der Waals surface area contributed by atoms with Crippen LogP contribution in [0.2, 0.25) is 0 Å². The van der Waals surface area contributed by atoms with Gasteiger partial charge in [-0.25, -0.2) is 4.98 Å². The lowest BCUT2D eigenvalue weighted by atomic mass is 10.4. The Hall–Kier alpha value is -1.65. The van der Waals surface area contributed by atoms with E-state index in [0.717, 1.165) is 0 Å². The second kappa shape index (κ2) is 2.30. The van der Waals surface area contributed by atoms with E-state index in [1.807, 2.05) is 0 Å². The average Bonchev–Trinajstić information content (AvgIpc) is 1.88. The van der Waals surface area contributed by atoms with Crippen molar-refractivity contribution in [3.8, 4) is 0 Å². The van der Waals surface area contributed by atoms with Gasteiger partial charge in [0, 0.05) is 12.3 Å². The van der Waals surface area contributed by atoms with Crippen molar-refractivity contribution >= 4 is 11.5 Å². The van der Waals surface area contributed by atoms with E-state index < -0.39 is 4.92 Å². The van der Waals surface area contributed by atoms with Gasteiger partial charge in [-0.2, -0.15) is 0 Å². The third kappa shape index (κ3) is 1.02. The summed E-state index contributed by atoms with van der Waals surface area (Å²) < 4.78 is 0. The molecule has 0 unspecified atom stereocenters. The van der Waals surface area contributed by atoms with Gasteiger partial charge in [0.1, 0.15) is 0 Å². The van der Waals surface area contributed by atoms with Crippen LogP contribution < -0.4 is 5.73 Å². The van der Waals surface area contributed by atoms with Crippen molar-refractivity contribution in [2.75, 3.05) is 0 Å². The molecular weight excluding hydrogens is 134 g/mol. The molecular formula is C5H4N3O2. The summed E-state index contributed by atoms with van der Waals surface area (Å²) in [5, 5.41) is 10.1. The van der Waals surface area contributed by atoms with Crippen LogP contribution in [0.4, 0.5) is 11.5 Å². The van der Waals surface area contributed by atoms with Crippen LogP contribution in [-0.2, 0) is 0 Å². The molecule has 0 aromatic carbocycles. The minimum absolute atomic E-state index is 0.262. The maximum Gasteiger partial charge on any atom is 0.313 e. The maximum atomic E-state index is 10.1. The van der Waals surface area contributed by atoms with Gasteiger partial charge >= 0.3 is 5.69 Å². The highest BCUT2D eigenvalue weighted by Crippen LogP contribution is 2.17. The van der Waals surface area contributed by atoms with E-state index in [1.165, 1.54) is 18.3 Å². The Morgan fingerprint density at radius 1 is 1.70 bits per heavy atom. The van der Waals surface area contributed by atoms with Crippen LogP contribution in [0.5, 0.6) is 0 Å². The quantitative estimate of drug-likeness (QED) is 0.427. The van der Waals surface area contributed by atoms with Gasteiger partial charge in [-0.1, -0.05) is 0 Å². The minimum Gasteiger partial charge on any atom is -0.277 e. The fourth-order valence-electron chi connectivity index (χ4n) is 0.544. The second-order valence-electron chi connectivity index (χ2n) is 1.63. The molecule has 0 aliphatic carbocycles. The number of pyridine rings is 1. The van der Waals surface area contributed by atoms with Gasteiger partial charge in [0.25, 0.3) is 0 Å². The highest BCUT2D eigenvalue weighted by Gasteiger charge is 2.09. The van der Waals surface area contributed by atoms with Gasteiger partial charge in [-0.3, -0.25) is 15.8 Å². The highest BCUT2D eigenvalue weighted by atomic mass is 16.6. The second-order valence-corrected chi connectivity index (χ2v) is 1.63. The van der Waals surface area contributed by atoms with Crippen LogP contribution in [0.1, 0.15) is 0 Å². The first-order chi connectivity index (χ1) is 4.72. The first-order valence-corrected chi connectivity index (χ1v) is 2.53. The summed E-state index contributed by atoms with van der Waals surface area (Å²) in [5.74, 6) is -0.299. The summed E-state index contributed by atoms with van der Waals surface area (Å²) in [6.07, 6.45) is 1.34. The SMILES string of the molecule is [NH]c1ncccc1[N+](=O)[O-]. The summed E-state index contributed by atoms with van der Waals surface area (Å²) in [5.41, 5.74) is 6.69. The molecule has 1 heterocycles. The van der Waals surface area contributed by atoms with Crippen LogP contribution in [-0.4, -0.2) is 9.91 Å². The van der Waals surface area contributed by atoms with E-state index >= 15 is 0 Å². The third-order valence-electron chi connectivity index (χ3n) is 0.983. The summed E-state index contributed by atoms with van der Waals surface area (Å²) in [4.78, 5) is 12.9. The molecule has 0 saturated carbocycles. The fraction of sp³-hybridized carbons (Fsp3) is 0. The largest absolute Gasteiger partial charge is 0.313 e. The van der Waals surface area contributed by atoms with Crippen LogP contribution in [0.25, 0.3) is 0 Å². The monoisotopic (exact) mass is 138 g/mol. The van der Waals surface area contributed by atoms with E-state index in [2.05, 4.69) is 4.98 Å². The van der Waals surface area contributed by atoms with Crippen molar-refractivity contribution < 1.29 is 4.92 Å². The van der Waals surface area contributed by atoms with Crippen LogP contribution >= 0.6 is 0 Å². The molecule has 0 saturated heterocycles. The molecule has 1 N–H and O–H groups in total. The Balaban J connectivity index is 3.15. The molecule has 0 fully saturated rings. The van der Waals surface area contributed by atoms with Crippen molar-refractivity contribution in [2.45, 2.75) is 0 Å². The fourth-order valence-corrected chi connectivity index (χ4v) is 0.544. The Kier molecular flexibility index (Phi) is 1.49. The molecule has 51 valence electrons. The van der Waals surface area contributed by atoms with E-state index in [-0.39, 0.29) is 11.5 Å². The molecule has 0 aliphatic heterocycles. The number of nitrogens with one attached hydrogen (secondary N) is 1. The Bertz CT molecular complexity index is 261. The average molecular weight is 138 g/mol. The normalized spacial score (nSPS) is 9.20. The predicted octanol–water partition coefficient (Wildman–Crippen LogP) is 0.904. The molecule has 1 radical (unpaired) electrons. The molecule has 1 aromatic heterocycles. The van der Waals surface area contributed by atoms with Gasteiger partial charge < -0.3 is 0 Å². The Labute approximate surface area is 56.6 Å². The van der Waals surface area contributed by atoms with Crippen LogP contribution in [0.15, 0.2) is 18.3 Å². The molecule has 0 spiro atoms. The molecule has 0 aliphatic rings. The smallest absolute Gasteiger partial charge is 0.277 e. The van der Waals surface area contributed by atoms with E-state index in [4.69, 9.17) is 5.73 Å². The number of rotatable bonds is 1. The zero-order chi connectivity index (χ0) is 7.56. The number of nitrogens with zero attached hydrogens (tertiary/aromatic N) is 2. The van der Waals surface area contributed by atoms with Gasteiger partial charge in [0.05, 0.1) is 4.92 Å². The first kappa shape index (κ1) is 6.47. The van der Waals surface area contributed by atoms with Crippen LogP contribution in [0, 0.1) is 10.1 Å². The van der Waals surface area contributed by atoms with E-state index in [1.54, 1.807) is 0 Å². The van der Waals surface area contributed by atoms with E-state index in [0.29, 0.717) is 0 Å². The van der Waals surface area contributed by atoms with Crippen LogP contribution in [0.3, 0.4) is 0 Å². The van der Waals surface area contributed by atoms with Gasteiger partial charge in [-0.15, -0.1) is 0 Å². The molecule has 1 aromatic rings. The standard InChI is InChI=1S/C5H4N3O2/c6-5-4(8(9)10)2-1-3-7-5/h1-3,6H. The van der Waals surface area contributed by atoms with Gasteiger partial charge in [-0.05, 0) is 6.07 Å².